The molecule has 0 saturated heterocycles. The van der Waals surface area contributed by atoms with Gasteiger partial charge in [-0.3, -0.25) is 4.99 Å². The molecule has 1 aliphatic rings. The van der Waals surface area contributed by atoms with Crippen LogP contribution in [-0.4, -0.2) is 18.4 Å². The molecule has 0 fully saturated rings. The smallest absolute Gasteiger partial charge is 0.157 e. The highest BCUT2D eigenvalue weighted by Gasteiger charge is 2.18. The lowest BCUT2D eigenvalue weighted by Crippen LogP contribution is -2.22. The fourth-order valence-electron chi connectivity index (χ4n) is 1.73. The summed E-state index contributed by atoms with van der Waals surface area (Å²) >= 11 is 12.1. The minimum absolute atomic E-state index is 0.0556. The Bertz CT molecular complexity index is 397. The van der Waals surface area contributed by atoms with Crippen molar-refractivity contribution in [3.8, 4) is 5.75 Å². The van der Waals surface area contributed by atoms with Crippen molar-refractivity contribution in [3.05, 3.63) is 28.2 Å². The maximum atomic E-state index is 6.03. The van der Waals surface area contributed by atoms with Crippen molar-refractivity contribution >= 4 is 28.9 Å². The maximum Gasteiger partial charge on any atom is 0.157 e. The van der Waals surface area contributed by atoms with E-state index in [9.17, 15) is 0 Å². The first-order valence-corrected chi connectivity index (χ1v) is 6.08. The Hall–Kier alpha value is -0.730. The molecule has 0 radical (unpaired) electrons. The van der Waals surface area contributed by atoms with Crippen molar-refractivity contribution < 1.29 is 4.74 Å². The van der Waals surface area contributed by atoms with Crippen molar-refractivity contribution in [2.24, 2.45) is 4.99 Å². The fourth-order valence-corrected chi connectivity index (χ4v) is 2.22. The normalized spacial score (nSPS) is 17.1. The van der Waals surface area contributed by atoms with Crippen LogP contribution in [0.5, 0.6) is 5.75 Å². The van der Waals surface area contributed by atoms with Gasteiger partial charge in [0.05, 0.1) is 15.8 Å². The first-order chi connectivity index (χ1) is 7.68. The number of hydrogen-bond donors (Lipinski definition) is 0. The van der Waals surface area contributed by atoms with Crippen LogP contribution in [0.1, 0.15) is 19.8 Å². The predicted molar refractivity (Wildman–Crippen MR) is 68.1 cm³/mol. The number of nitrogens with zero attached hydrogens (tertiary/aromatic N) is 1. The largest absolute Gasteiger partial charge is 0.482 e. The molecule has 1 heterocycles. The van der Waals surface area contributed by atoms with E-state index < -0.39 is 0 Å². The van der Waals surface area contributed by atoms with Crippen LogP contribution in [0.4, 0.5) is 0 Å². The molecule has 0 saturated carbocycles. The van der Waals surface area contributed by atoms with E-state index in [0.29, 0.717) is 15.8 Å². The van der Waals surface area contributed by atoms with Gasteiger partial charge in [-0.15, -0.1) is 0 Å². The summed E-state index contributed by atoms with van der Waals surface area (Å²) in [6.45, 7) is 2.88. The lowest BCUT2D eigenvalue weighted by atomic mass is 10.2. The van der Waals surface area contributed by atoms with Crippen LogP contribution in [0.25, 0.3) is 0 Å². The average molecular weight is 258 g/mol. The summed E-state index contributed by atoms with van der Waals surface area (Å²) in [6, 6.07) is 5.34. The Morgan fingerprint density at radius 3 is 2.56 bits per heavy atom. The quantitative estimate of drug-likeness (QED) is 0.803. The average Bonchev–Trinajstić information content (AvgIpc) is 2.76. The van der Waals surface area contributed by atoms with E-state index in [-0.39, 0.29) is 6.10 Å². The van der Waals surface area contributed by atoms with Crippen LogP contribution in [0.2, 0.25) is 10.0 Å². The second-order valence-corrected chi connectivity index (χ2v) is 4.60. The Labute approximate surface area is 105 Å². The standard InChI is InChI=1S/C12H13Cl2NO/c1-8(11-6-3-7-15-11)16-12-9(13)4-2-5-10(12)14/h2,4-5,8H,3,6-7H2,1H3/t8-/m1/s1. The van der Waals surface area contributed by atoms with Crippen LogP contribution in [0.15, 0.2) is 23.2 Å². The molecule has 2 nitrogen and oxygen atoms in total. The molecule has 16 heavy (non-hydrogen) atoms. The SMILES string of the molecule is C[C@@H](Oc1c(Cl)cccc1Cl)C1=NCCC1. The van der Waals surface area contributed by atoms with Gasteiger partial charge >= 0.3 is 0 Å². The van der Waals surface area contributed by atoms with Gasteiger partial charge in [0.2, 0.25) is 0 Å². The van der Waals surface area contributed by atoms with Gasteiger partial charge in [0.15, 0.2) is 5.75 Å². The first-order valence-electron chi connectivity index (χ1n) is 5.32. The molecule has 0 aromatic heterocycles. The van der Waals surface area contributed by atoms with Gasteiger partial charge in [-0.2, -0.15) is 0 Å². The number of halogens is 2. The lowest BCUT2D eigenvalue weighted by molar-refractivity contribution is 0.286. The van der Waals surface area contributed by atoms with Crippen LogP contribution in [0.3, 0.4) is 0 Å². The maximum absolute atomic E-state index is 6.03. The lowest BCUT2D eigenvalue weighted by Gasteiger charge is -2.16. The van der Waals surface area contributed by atoms with E-state index in [1.807, 2.05) is 6.92 Å². The van der Waals surface area contributed by atoms with Gasteiger partial charge < -0.3 is 4.74 Å². The first kappa shape index (κ1) is 11.7. The van der Waals surface area contributed by atoms with Crippen LogP contribution < -0.4 is 4.74 Å². The van der Waals surface area contributed by atoms with Crippen molar-refractivity contribution in [1.29, 1.82) is 0 Å². The van der Waals surface area contributed by atoms with Crippen molar-refractivity contribution in [2.45, 2.75) is 25.9 Å². The Kier molecular flexibility index (Phi) is 3.72. The molecule has 0 spiro atoms. The zero-order valence-corrected chi connectivity index (χ0v) is 10.6. The van der Waals surface area contributed by atoms with Crippen LogP contribution in [0, 0.1) is 0 Å². The van der Waals surface area contributed by atoms with Crippen molar-refractivity contribution in [2.75, 3.05) is 6.54 Å². The van der Waals surface area contributed by atoms with Gasteiger partial charge in [-0.1, -0.05) is 29.3 Å². The van der Waals surface area contributed by atoms with Crippen LogP contribution >= 0.6 is 23.2 Å². The molecule has 86 valence electrons. The highest BCUT2D eigenvalue weighted by atomic mass is 35.5. The second kappa shape index (κ2) is 5.07. The molecule has 1 aliphatic heterocycles. The number of benzene rings is 1. The molecule has 1 aromatic carbocycles. The van der Waals surface area contributed by atoms with Crippen molar-refractivity contribution in [1.82, 2.24) is 0 Å². The van der Waals surface area contributed by atoms with E-state index in [2.05, 4.69) is 4.99 Å². The summed E-state index contributed by atoms with van der Waals surface area (Å²) in [4.78, 5) is 4.40. The summed E-state index contributed by atoms with van der Waals surface area (Å²) in [6.07, 6.45) is 2.06. The summed E-state index contributed by atoms with van der Waals surface area (Å²) in [5.74, 6) is 0.549. The Morgan fingerprint density at radius 1 is 1.31 bits per heavy atom. The highest BCUT2D eigenvalue weighted by molar-refractivity contribution is 6.37. The molecule has 1 aromatic rings. The van der Waals surface area contributed by atoms with E-state index in [1.54, 1.807) is 18.2 Å². The molecule has 0 aliphatic carbocycles. The molecule has 0 unspecified atom stereocenters. The highest BCUT2D eigenvalue weighted by Crippen LogP contribution is 2.33. The third-order valence-corrected chi connectivity index (χ3v) is 3.18. The number of aliphatic imine (C=N–C) groups is 1. The van der Waals surface area contributed by atoms with E-state index in [1.165, 1.54) is 0 Å². The van der Waals surface area contributed by atoms with Gasteiger partial charge in [-0.05, 0) is 31.9 Å². The molecule has 1 atom stereocenters. The molecule has 0 N–H and O–H groups in total. The molecular weight excluding hydrogens is 245 g/mol. The molecular formula is C12H13Cl2NO. The number of hydrogen-bond acceptors (Lipinski definition) is 2. The fraction of sp³-hybridized carbons (Fsp3) is 0.417. The number of ether oxygens (including phenoxy) is 1. The Morgan fingerprint density at radius 2 is 2.00 bits per heavy atom. The second-order valence-electron chi connectivity index (χ2n) is 3.79. The van der Waals surface area contributed by atoms with Gasteiger partial charge in [0.25, 0.3) is 0 Å². The summed E-state index contributed by atoms with van der Waals surface area (Å²) in [7, 11) is 0. The summed E-state index contributed by atoms with van der Waals surface area (Å²) in [5.41, 5.74) is 1.09. The minimum atomic E-state index is -0.0556. The molecule has 0 amide bonds. The molecule has 0 bridgehead atoms. The summed E-state index contributed by atoms with van der Waals surface area (Å²) in [5, 5.41) is 1.08. The zero-order valence-electron chi connectivity index (χ0n) is 9.04. The third kappa shape index (κ3) is 2.50. The third-order valence-electron chi connectivity index (χ3n) is 2.59. The van der Waals surface area contributed by atoms with Gasteiger partial charge in [0.1, 0.15) is 6.10 Å². The van der Waals surface area contributed by atoms with E-state index in [4.69, 9.17) is 27.9 Å². The monoisotopic (exact) mass is 257 g/mol. The van der Waals surface area contributed by atoms with Gasteiger partial charge in [-0.25, -0.2) is 0 Å². The van der Waals surface area contributed by atoms with E-state index in [0.717, 1.165) is 25.1 Å². The van der Waals surface area contributed by atoms with Crippen LogP contribution in [-0.2, 0) is 0 Å². The van der Waals surface area contributed by atoms with E-state index >= 15 is 0 Å². The number of para-hydroxylation sites is 1. The minimum Gasteiger partial charge on any atom is -0.482 e. The molecule has 4 heteroatoms. The number of rotatable bonds is 3. The van der Waals surface area contributed by atoms with Gasteiger partial charge in [0, 0.05) is 6.54 Å². The topological polar surface area (TPSA) is 21.6 Å². The summed E-state index contributed by atoms with van der Waals surface area (Å²) < 4.78 is 5.77. The Balaban J connectivity index is 2.14. The molecule has 2 rings (SSSR count). The predicted octanol–water partition coefficient (Wildman–Crippen LogP) is 4.00. The van der Waals surface area contributed by atoms with Crippen molar-refractivity contribution in [3.63, 3.8) is 0 Å². The zero-order chi connectivity index (χ0) is 11.5.